The van der Waals surface area contributed by atoms with Gasteiger partial charge >= 0.3 is 12.1 Å². The summed E-state index contributed by atoms with van der Waals surface area (Å²) in [4.78, 5) is 24.4. The molecule has 11 heteroatoms. The maximum Gasteiger partial charge on any atom is 0.490 e. The fourth-order valence-electron chi connectivity index (χ4n) is 3.85. The first-order chi connectivity index (χ1) is 17.2. The number of fused-ring (bicyclic) bond motifs is 1. The molecular formula is C25H24F3N3O5. The highest BCUT2D eigenvalue weighted by Crippen LogP contribution is 2.32. The van der Waals surface area contributed by atoms with Gasteiger partial charge in [-0.1, -0.05) is 30.3 Å². The number of benzene rings is 2. The molecule has 1 aromatic heterocycles. The largest absolute Gasteiger partial charge is 0.497 e. The molecule has 1 fully saturated rings. The lowest BCUT2D eigenvalue weighted by Gasteiger charge is -2.27. The Balaban J connectivity index is 0.000000454. The number of morpholine rings is 1. The SMILES string of the molecule is COc1ccc2c(=O)n(CCN3CCOCC3)c(C#N)c(-c3ccccc3)c2c1.O=C(O)C(F)(F)F. The van der Waals surface area contributed by atoms with Gasteiger partial charge in [0.2, 0.25) is 0 Å². The summed E-state index contributed by atoms with van der Waals surface area (Å²) in [6.45, 7) is 4.25. The molecule has 1 aliphatic heterocycles. The van der Waals surface area contributed by atoms with Gasteiger partial charge in [-0.15, -0.1) is 0 Å². The van der Waals surface area contributed by atoms with Gasteiger partial charge in [0.05, 0.1) is 20.3 Å². The highest BCUT2D eigenvalue weighted by atomic mass is 19.4. The Bertz CT molecular complexity index is 1310. The van der Waals surface area contributed by atoms with E-state index in [1.807, 2.05) is 36.4 Å². The monoisotopic (exact) mass is 503 g/mol. The van der Waals surface area contributed by atoms with Crippen LogP contribution >= 0.6 is 0 Å². The Morgan fingerprint density at radius 1 is 1.11 bits per heavy atom. The average molecular weight is 503 g/mol. The summed E-state index contributed by atoms with van der Waals surface area (Å²) in [7, 11) is 1.60. The third-order valence-corrected chi connectivity index (χ3v) is 5.63. The second-order valence-electron chi connectivity index (χ2n) is 7.83. The Morgan fingerprint density at radius 2 is 1.75 bits per heavy atom. The summed E-state index contributed by atoms with van der Waals surface area (Å²) >= 11 is 0. The van der Waals surface area contributed by atoms with E-state index in [-0.39, 0.29) is 5.56 Å². The standard InChI is InChI=1S/C23H23N3O3.C2HF3O2/c1-28-18-7-8-19-20(15-18)22(17-5-3-2-4-6-17)21(16-24)26(23(19)27)10-9-25-11-13-29-14-12-25;3-2(4,5)1(6)7/h2-8,15H,9-14H2,1H3;(H,6,7). The van der Waals surface area contributed by atoms with E-state index in [0.717, 1.165) is 29.6 Å². The van der Waals surface area contributed by atoms with Crippen molar-refractivity contribution in [3.8, 4) is 22.9 Å². The molecule has 1 saturated heterocycles. The summed E-state index contributed by atoms with van der Waals surface area (Å²) in [5, 5.41) is 18.5. The van der Waals surface area contributed by atoms with Crippen molar-refractivity contribution in [3.05, 3.63) is 64.6 Å². The van der Waals surface area contributed by atoms with Gasteiger partial charge < -0.3 is 14.6 Å². The molecule has 0 unspecified atom stereocenters. The molecule has 3 aromatic rings. The van der Waals surface area contributed by atoms with Gasteiger partial charge in [0.15, 0.2) is 0 Å². The predicted octanol–water partition coefficient (Wildman–Crippen LogP) is 3.51. The van der Waals surface area contributed by atoms with Gasteiger partial charge in [0, 0.05) is 42.5 Å². The van der Waals surface area contributed by atoms with Crippen LogP contribution in [-0.4, -0.2) is 66.7 Å². The zero-order chi connectivity index (χ0) is 26.3. The molecule has 36 heavy (non-hydrogen) atoms. The van der Waals surface area contributed by atoms with Gasteiger partial charge in [0.1, 0.15) is 17.5 Å². The van der Waals surface area contributed by atoms with E-state index in [0.29, 0.717) is 43.1 Å². The first-order valence-corrected chi connectivity index (χ1v) is 11.0. The Morgan fingerprint density at radius 3 is 2.31 bits per heavy atom. The molecule has 0 saturated carbocycles. The summed E-state index contributed by atoms with van der Waals surface area (Å²) in [5.41, 5.74) is 1.91. The van der Waals surface area contributed by atoms with Crippen molar-refractivity contribution in [2.45, 2.75) is 12.7 Å². The first kappa shape index (κ1) is 26.7. The number of carboxylic acids is 1. The molecule has 0 atom stereocenters. The second-order valence-corrected chi connectivity index (χ2v) is 7.83. The van der Waals surface area contributed by atoms with Crippen molar-refractivity contribution in [2.24, 2.45) is 0 Å². The number of methoxy groups -OCH3 is 1. The molecule has 0 bridgehead atoms. The maximum absolute atomic E-state index is 13.3. The van der Waals surface area contributed by atoms with Crippen LogP contribution in [0.2, 0.25) is 0 Å². The van der Waals surface area contributed by atoms with Crippen molar-refractivity contribution in [1.82, 2.24) is 9.47 Å². The molecule has 0 radical (unpaired) electrons. The number of nitrogens with zero attached hydrogens (tertiary/aromatic N) is 3. The predicted molar refractivity (Wildman–Crippen MR) is 126 cm³/mol. The van der Waals surface area contributed by atoms with Crippen molar-refractivity contribution in [2.75, 3.05) is 40.0 Å². The average Bonchev–Trinajstić information content (AvgIpc) is 2.88. The molecule has 8 nitrogen and oxygen atoms in total. The summed E-state index contributed by atoms with van der Waals surface area (Å²) in [5.74, 6) is -2.10. The highest BCUT2D eigenvalue weighted by Gasteiger charge is 2.38. The van der Waals surface area contributed by atoms with E-state index in [1.54, 1.807) is 23.8 Å². The number of pyridine rings is 1. The minimum absolute atomic E-state index is 0.146. The Kier molecular flexibility index (Phi) is 8.68. The minimum atomic E-state index is -5.08. The fraction of sp³-hybridized carbons (Fsp3) is 0.320. The Hall–Kier alpha value is -3.88. The zero-order valence-corrected chi connectivity index (χ0v) is 19.4. The molecule has 1 N–H and O–H groups in total. The van der Waals surface area contributed by atoms with Gasteiger partial charge in [-0.25, -0.2) is 4.79 Å². The molecule has 190 valence electrons. The number of hydrogen-bond acceptors (Lipinski definition) is 6. The van der Waals surface area contributed by atoms with Crippen LogP contribution in [0.15, 0.2) is 53.3 Å². The number of hydrogen-bond donors (Lipinski definition) is 1. The van der Waals surface area contributed by atoms with Crippen LogP contribution in [0.1, 0.15) is 5.69 Å². The lowest BCUT2D eigenvalue weighted by Crippen LogP contribution is -2.39. The third-order valence-electron chi connectivity index (χ3n) is 5.63. The number of carboxylic acid groups (broad SMARTS) is 1. The van der Waals surface area contributed by atoms with E-state index >= 15 is 0 Å². The zero-order valence-electron chi connectivity index (χ0n) is 19.4. The van der Waals surface area contributed by atoms with Gasteiger partial charge in [-0.05, 0) is 23.8 Å². The molecule has 2 aromatic carbocycles. The molecule has 2 heterocycles. The van der Waals surface area contributed by atoms with Crippen LogP contribution in [0.5, 0.6) is 5.75 Å². The van der Waals surface area contributed by atoms with Gasteiger partial charge in [0.25, 0.3) is 5.56 Å². The van der Waals surface area contributed by atoms with Crippen LogP contribution in [0.3, 0.4) is 0 Å². The van der Waals surface area contributed by atoms with E-state index in [4.69, 9.17) is 19.4 Å². The van der Waals surface area contributed by atoms with Crippen LogP contribution < -0.4 is 10.3 Å². The normalized spacial score (nSPS) is 14.0. The molecule has 4 rings (SSSR count). The van der Waals surface area contributed by atoms with Crippen LogP contribution in [0.4, 0.5) is 13.2 Å². The minimum Gasteiger partial charge on any atom is -0.497 e. The fourth-order valence-corrected chi connectivity index (χ4v) is 3.85. The quantitative estimate of drug-likeness (QED) is 0.568. The molecule has 1 aliphatic rings. The lowest BCUT2D eigenvalue weighted by molar-refractivity contribution is -0.192. The smallest absolute Gasteiger partial charge is 0.490 e. The van der Waals surface area contributed by atoms with Crippen molar-refractivity contribution >= 4 is 16.7 Å². The molecular weight excluding hydrogens is 479 g/mol. The number of aromatic nitrogens is 1. The first-order valence-electron chi connectivity index (χ1n) is 11.0. The van der Waals surface area contributed by atoms with Crippen LogP contribution in [-0.2, 0) is 16.1 Å². The van der Waals surface area contributed by atoms with Gasteiger partial charge in [-0.3, -0.25) is 14.3 Å². The molecule has 0 amide bonds. The van der Waals surface area contributed by atoms with Crippen LogP contribution in [0, 0.1) is 11.3 Å². The van der Waals surface area contributed by atoms with Crippen molar-refractivity contribution < 1.29 is 32.5 Å². The number of rotatable bonds is 5. The van der Waals surface area contributed by atoms with E-state index in [1.165, 1.54) is 0 Å². The topological polar surface area (TPSA) is 105 Å². The number of carbonyl (C=O) groups is 1. The van der Waals surface area contributed by atoms with E-state index in [2.05, 4.69) is 11.0 Å². The van der Waals surface area contributed by atoms with Crippen molar-refractivity contribution in [1.29, 1.82) is 5.26 Å². The Labute approximate surface area is 204 Å². The maximum atomic E-state index is 13.3. The summed E-state index contributed by atoms with van der Waals surface area (Å²) in [6, 6.07) is 17.5. The number of nitriles is 1. The number of halogens is 3. The van der Waals surface area contributed by atoms with Gasteiger partial charge in [-0.2, -0.15) is 18.4 Å². The lowest BCUT2D eigenvalue weighted by atomic mass is 9.97. The van der Waals surface area contributed by atoms with E-state index in [9.17, 15) is 23.2 Å². The van der Waals surface area contributed by atoms with Crippen molar-refractivity contribution in [3.63, 3.8) is 0 Å². The number of aliphatic carboxylic acids is 1. The van der Waals surface area contributed by atoms with Crippen LogP contribution in [0.25, 0.3) is 21.9 Å². The number of alkyl halides is 3. The molecule has 0 spiro atoms. The van der Waals surface area contributed by atoms with E-state index < -0.39 is 12.1 Å². The third kappa shape index (κ3) is 6.21. The second kappa shape index (κ2) is 11.7. The molecule has 0 aliphatic carbocycles. The number of ether oxygens (including phenoxy) is 2. The highest BCUT2D eigenvalue weighted by molar-refractivity contribution is 5.99. The summed E-state index contributed by atoms with van der Waals surface area (Å²) in [6.07, 6.45) is -5.08. The summed E-state index contributed by atoms with van der Waals surface area (Å²) < 4.78 is 44.1.